The number of nitrogens with zero attached hydrogens (tertiary/aromatic N) is 2. The number of hydrogen-bond donors (Lipinski definition) is 0. The van der Waals surface area contributed by atoms with Gasteiger partial charge in [-0.3, -0.25) is 9.78 Å². The molecule has 27 heavy (non-hydrogen) atoms. The summed E-state index contributed by atoms with van der Waals surface area (Å²) in [6.45, 7) is 0.504. The Hall–Kier alpha value is -3.14. The lowest BCUT2D eigenvalue weighted by Crippen LogP contribution is -2.28. The summed E-state index contributed by atoms with van der Waals surface area (Å²) in [6, 6.07) is 23.8. The number of carbonyl (C=O) groups excluding carboxylic acids is 1. The van der Waals surface area contributed by atoms with Crippen molar-refractivity contribution in [3.63, 3.8) is 0 Å². The second kappa shape index (κ2) is 8.99. The van der Waals surface area contributed by atoms with Gasteiger partial charge in [-0.2, -0.15) is 0 Å². The number of carbonyl (C=O) groups is 1. The standard InChI is InChI=1S/C23H24N2O2/c1-25(17-20-10-6-7-15-24-20)23(26)16-22(18-8-4-3-5-9-18)19-11-13-21(27-2)14-12-19/h3-15,22H,16-17H2,1-2H3/t22-/m0/s1. The Kier molecular flexibility index (Phi) is 6.21. The minimum absolute atomic E-state index is 0.00390. The zero-order valence-corrected chi connectivity index (χ0v) is 15.7. The van der Waals surface area contributed by atoms with E-state index in [1.165, 1.54) is 0 Å². The maximum atomic E-state index is 12.9. The van der Waals surface area contributed by atoms with Gasteiger partial charge in [0.15, 0.2) is 0 Å². The van der Waals surface area contributed by atoms with Crippen LogP contribution in [0.5, 0.6) is 5.75 Å². The first-order valence-corrected chi connectivity index (χ1v) is 9.00. The van der Waals surface area contributed by atoms with E-state index in [1.54, 1.807) is 18.2 Å². The van der Waals surface area contributed by atoms with Crippen LogP contribution in [0.3, 0.4) is 0 Å². The quantitative estimate of drug-likeness (QED) is 0.632. The average molecular weight is 360 g/mol. The van der Waals surface area contributed by atoms with E-state index in [2.05, 4.69) is 17.1 Å². The molecule has 0 unspecified atom stereocenters. The van der Waals surface area contributed by atoms with Crippen molar-refractivity contribution in [2.24, 2.45) is 0 Å². The molecule has 3 aromatic rings. The van der Waals surface area contributed by atoms with Crippen LogP contribution in [0.4, 0.5) is 0 Å². The van der Waals surface area contributed by atoms with E-state index in [9.17, 15) is 4.79 Å². The molecule has 0 fully saturated rings. The number of methoxy groups -OCH3 is 1. The monoisotopic (exact) mass is 360 g/mol. The molecule has 0 aliphatic rings. The van der Waals surface area contributed by atoms with Crippen LogP contribution in [-0.4, -0.2) is 29.9 Å². The fraction of sp³-hybridized carbons (Fsp3) is 0.217. The third-order valence-corrected chi connectivity index (χ3v) is 4.65. The van der Waals surface area contributed by atoms with Gasteiger partial charge in [0, 0.05) is 25.6 Å². The van der Waals surface area contributed by atoms with Crippen molar-refractivity contribution in [3.05, 3.63) is 95.8 Å². The Bertz CT molecular complexity index is 849. The maximum absolute atomic E-state index is 12.9. The Morgan fingerprint density at radius 1 is 0.963 bits per heavy atom. The minimum atomic E-state index is -0.00390. The molecule has 2 aromatic carbocycles. The van der Waals surface area contributed by atoms with Gasteiger partial charge >= 0.3 is 0 Å². The summed E-state index contributed by atoms with van der Waals surface area (Å²) in [4.78, 5) is 18.9. The molecule has 0 saturated carbocycles. The van der Waals surface area contributed by atoms with Crippen molar-refractivity contribution in [2.45, 2.75) is 18.9 Å². The van der Waals surface area contributed by atoms with E-state index in [0.29, 0.717) is 13.0 Å². The summed E-state index contributed by atoms with van der Waals surface area (Å²) < 4.78 is 5.26. The highest BCUT2D eigenvalue weighted by atomic mass is 16.5. The zero-order valence-electron chi connectivity index (χ0n) is 15.7. The van der Waals surface area contributed by atoms with Gasteiger partial charge in [0.1, 0.15) is 5.75 Å². The first kappa shape index (κ1) is 18.6. The van der Waals surface area contributed by atoms with Crippen LogP contribution in [0.25, 0.3) is 0 Å². The summed E-state index contributed by atoms with van der Waals surface area (Å²) >= 11 is 0. The third-order valence-electron chi connectivity index (χ3n) is 4.65. The van der Waals surface area contributed by atoms with Crippen molar-refractivity contribution in [1.82, 2.24) is 9.88 Å². The van der Waals surface area contributed by atoms with Gasteiger partial charge in [-0.1, -0.05) is 48.5 Å². The van der Waals surface area contributed by atoms with E-state index in [4.69, 9.17) is 4.74 Å². The van der Waals surface area contributed by atoms with Gasteiger partial charge in [0.25, 0.3) is 0 Å². The first-order chi connectivity index (χ1) is 13.2. The molecule has 3 rings (SSSR count). The summed E-state index contributed by atoms with van der Waals surface area (Å²) in [5.41, 5.74) is 3.11. The smallest absolute Gasteiger partial charge is 0.223 e. The predicted molar refractivity (Wildman–Crippen MR) is 107 cm³/mol. The fourth-order valence-corrected chi connectivity index (χ4v) is 3.10. The lowest BCUT2D eigenvalue weighted by molar-refractivity contribution is -0.130. The molecular weight excluding hydrogens is 336 g/mol. The van der Waals surface area contributed by atoms with Crippen LogP contribution >= 0.6 is 0 Å². The lowest BCUT2D eigenvalue weighted by Gasteiger charge is -2.22. The van der Waals surface area contributed by atoms with Crippen LogP contribution in [0.1, 0.15) is 29.2 Å². The van der Waals surface area contributed by atoms with Gasteiger partial charge in [-0.25, -0.2) is 0 Å². The van der Waals surface area contributed by atoms with Gasteiger partial charge in [-0.05, 0) is 35.4 Å². The van der Waals surface area contributed by atoms with E-state index < -0.39 is 0 Å². The van der Waals surface area contributed by atoms with Gasteiger partial charge in [0.05, 0.1) is 19.3 Å². The molecule has 1 heterocycles. The Morgan fingerprint density at radius 3 is 2.26 bits per heavy atom. The number of ether oxygens (including phenoxy) is 1. The second-order valence-corrected chi connectivity index (χ2v) is 6.51. The molecule has 1 atom stereocenters. The molecule has 0 radical (unpaired) electrons. The number of benzene rings is 2. The summed E-state index contributed by atoms with van der Waals surface area (Å²) in [6.07, 6.45) is 2.15. The molecular formula is C23H24N2O2. The van der Waals surface area contributed by atoms with Crippen LogP contribution in [0.2, 0.25) is 0 Å². The molecule has 4 heteroatoms. The zero-order chi connectivity index (χ0) is 19.1. The van der Waals surface area contributed by atoms with Crippen molar-refractivity contribution in [1.29, 1.82) is 0 Å². The normalized spacial score (nSPS) is 11.6. The van der Waals surface area contributed by atoms with Crippen LogP contribution in [-0.2, 0) is 11.3 Å². The first-order valence-electron chi connectivity index (χ1n) is 9.00. The molecule has 0 aliphatic carbocycles. The van der Waals surface area contributed by atoms with Crippen molar-refractivity contribution >= 4 is 5.91 Å². The van der Waals surface area contributed by atoms with Crippen LogP contribution in [0.15, 0.2) is 79.0 Å². The number of pyridine rings is 1. The summed E-state index contributed by atoms with van der Waals surface area (Å²) in [5.74, 6) is 0.894. The molecule has 0 N–H and O–H groups in total. The number of aromatic nitrogens is 1. The molecule has 4 nitrogen and oxygen atoms in total. The number of amides is 1. The fourth-order valence-electron chi connectivity index (χ4n) is 3.10. The lowest BCUT2D eigenvalue weighted by atomic mass is 9.88. The van der Waals surface area contributed by atoms with Crippen molar-refractivity contribution in [2.75, 3.05) is 14.2 Å². The van der Waals surface area contributed by atoms with E-state index in [1.807, 2.05) is 67.7 Å². The van der Waals surface area contributed by atoms with Crippen molar-refractivity contribution < 1.29 is 9.53 Å². The van der Waals surface area contributed by atoms with E-state index >= 15 is 0 Å². The van der Waals surface area contributed by atoms with E-state index in [-0.39, 0.29) is 11.8 Å². The number of rotatable bonds is 7. The predicted octanol–water partition coefficient (Wildman–Crippen LogP) is 4.27. The summed E-state index contributed by atoms with van der Waals surface area (Å²) in [7, 11) is 3.48. The molecule has 0 spiro atoms. The minimum Gasteiger partial charge on any atom is -0.497 e. The highest BCUT2D eigenvalue weighted by Gasteiger charge is 2.21. The molecule has 138 valence electrons. The molecule has 0 aliphatic heterocycles. The van der Waals surface area contributed by atoms with Gasteiger partial charge < -0.3 is 9.64 Å². The van der Waals surface area contributed by atoms with Crippen LogP contribution < -0.4 is 4.74 Å². The third kappa shape index (κ3) is 4.94. The molecule has 0 bridgehead atoms. The summed E-state index contributed by atoms with van der Waals surface area (Å²) in [5, 5.41) is 0. The largest absolute Gasteiger partial charge is 0.497 e. The van der Waals surface area contributed by atoms with Crippen LogP contribution in [0, 0.1) is 0 Å². The molecule has 1 aromatic heterocycles. The van der Waals surface area contributed by atoms with Crippen molar-refractivity contribution in [3.8, 4) is 5.75 Å². The van der Waals surface area contributed by atoms with E-state index in [0.717, 1.165) is 22.6 Å². The maximum Gasteiger partial charge on any atom is 0.223 e. The molecule has 1 amide bonds. The molecule has 0 saturated heterocycles. The highest BCUT2D eigenvalue weighted by molar-refractivity contribution is 5.77. The average Bonchev–Trinajstić information content (AvgIpc) is 2.73. The second-order valence-electron chi connectivity index (χ2n) is 6.51. The Balaban J connectivity index is 1.79. The Labute approximate surface area is 160 Å². The van der Waals surface area contributed by atoms with Gasteiger partial charge in [0.2, 0.25) is 5.91 Å². The number of hydrogen-bond acceptors (Lipinski definition) is 3. The Morgan fingerprint density at radius 2 is 1.63 bits per heavy atom. The van der Waals surface area contributed by atoms with Gasteiger partial charge in [-0.15, -0.1) is 0 Å². The SMILES string of the molecule is COc1ccc([C@@H](CC(=O)N(C)Cc2ccccn2)c2ccccc2)cc1. The highest BCUT2D eigenvalue weighted by Crippen LogP contribution is 2.30. The topological polar surface area (TPSA) is 42.4 Å².